The number of hydrogen-bond donors (Lipinski definition) is 0. The summed E-state index contributed by atoms with van der Waals surface area (Å²) in [5.74, 6) is -0.159. The van der Waals surface area contributed by atoms with Gasteiger partial charge in [0.15, 0.2) is 0 Å². The van der Waals surface area contributed by atoms with Crippen LogP contribution in [-0.4, -0.2) is 15.6 Å². The molecule has 2 rings (SSSR count). The van der Waals surface area contributed by atoms with Gasteiger partial charge < -0.3 is 0 Å². The van der Waals surface area contributed by atoms with Crippen molar-refractivity contribution in [2.45, 2.75) is 19.9 Å². The van der Waals surface area contributed by atoms with Gasteiger partial charge in [-0.15, -0.1) is 0 Å². The van der Waals surface area contributed by atoms with E-state index in [1.165, 1.54) is 0 Å². The number of hydrogen-bond acceptors (Lipinski definition) is 2. The SMILES string of the molecule is CCCn1nccc1C(=O)c1cccc(Cl)c1Cl. The van der Waals surface area contributed by atoms with Gasteiger partial charge in [0.25, 0.3) is 0 Å². The maximum Gasteiger partial charge on any atom is 0.212 e. The second-order valence-electron chi connectivity index (χ2n) is 3.87. The van der Waals surface area contributed by atoms with Crippen LogP contribution in [0.25, 0.3) is 0 Å². The first-order valence-electron chi connectivity index (χ1n) is 5.65. The van der Waals surface area contributed by atoms with E-state index in [1.807, 2.05) is 6.92 Å². The smallest absolute Gasteiger partial charge is 0.212 e. The van der Waals surface area contributed by atoms with E-state index in [0.29, 0.717) is 22.8 Å². The zero-order chi connectivity index (χ0) is 13.1. The fraction of sp³-hybridized carbons (Fsp3) is 0.231. The van der Waals surface area contributed by atoms with Crippen LogP contribution >= 0.6 is 23.2 Å². The van der Waals surface area contributed by atoms with Crippen molar-refractivity contribution in [2.24, 2.45) is 0 Å². The summed E-state index contributed by atoms with van der Waals surface area (Å²) in [6.07, 6.45) is 2.52. The summed E-state index contributed by atoms with van der Waals surface area (Å²) in [6, 6.07) is 6.72. The lowest BCUT2D eigenvalue weighted by Gasteiger charge is -2.07. The molecular formula is C13H12Cl2N2O. The predicted molar refractivity (Wildman–Crippen MR) is 72.4 cm³/mol. The summed E-state index contributed by atoms with van der Waals surface area (Å²) in [5.41, 5.74) is 0.933. The third kappa shape index (κ3) is 2.42. The Morgan fingerprint density at radius 1 is 1.33 bits per heavy atom. The number of nitrogens with zero attached hydrogens (tertiary/aromatic N) is 2. The van der Waals surface area contributed by atoms with E-state index in [-0.39, 0.29) is 10.8 Å². The van der Waals surface area contributed by atoms with Gasteiger partial charge in [-0.1, -0.05) is 36.2 Å². The molecule has 5 heteroatoms. The average molecular weight is 283 g/mol. The summed E-state index contributed by atoms with van der Waals surface area (Å²) in [6.45, 7) is 2.73. The molecule has 2 aromatic rings. The minimum absolute atomic E-state index is 0.159. The van der Waals surface area contributed by atoms with E-state index < -0.39 is 0 Å². The Morgan fingerprint density at radius 3 is 2.83 bits per heavy atom. The first-order chi connectivity index (χ1) is 8.65. The molecule has 0 unspecified atom stereocenters. The topological polar surface area (TPSA) is 34.9 Å². The molecule has 1 heterocycles. The molecule has 0 radical (unpaired) electrons. The third-order valence-electron chi connectivity index (χ3n) is 2.58. The second kappa shape index (κ2) is 5.55. The van der Waals surface area contributed by atoms with Crippen molar-refractivity contribution in [3.8, 4) is 0 Å². The number of carbonyl (C=O) groups excluding carboxylic acids is 1. The van der Waals surface area contributed by atoms with Gasteiger partial charge in [0.1, 0.15) is 5.69 Å². The molecule has 3 nitrogen and oxygen atoms in total. The number of halogens is 2. The largest absolute Gasteiger partial charge is 0.287 e. The highest BCUT2D eigenvalue weighted by atomic mass is 35.5. The number of aryl methyl sites for hydroxylation is 1. The Bertz CT molecular complexity index is 578. The van der Waals surface area contributed by atoms with E-state index in [1.54, 1.807) is 35.1 Å². The molecule has 94 valence electrons. The second-order valence-corrected chi connectivity index (χ2v) is 4.66. The van der Waals surface area contributed by atoms with Crippen LogP contribution in [0.15, 0.2) is 30.5 Å². The Kier molecular flexibility index (Phi) is 4.04. The Morgan fingerprint density at radius 2 is 2.11 bits per heavy atom. The van der Waals surface area contributed by atoms with Crippen molar-refractivity contribution < 1.29 is 4.79 Å². The molecule has 0 saturated heterocycles. The number of benzene rings is 1. The van der Waals surface area contributed by atoms with Crippen LogP contribution in [-0.2, 0) is 6.54 Å². The highest BCUT2D eigenvalue weighted by Gasteiger charge is 2.18. The Labute approximate surface area is 115 Å². The summed E-state index contributed by atoms with van der Waals surface area (Å²) in [7, 11) is 0. The first-order valence-corrected chi connectivity index (χ1v) is 6.41. The summed E-state index contributed by atoms with van der Waals surface area (Å²) < 4.78 is 1.68. The lowest BCUT2D eigenvalue weighted by Crippen LogP contribution is -2.11. The van der Waals surface area contributed by atoms with Gasteiger partial charge in [0.05, 0.1) is 10.0 Å². The van der Waals surface area contributed by atoms with Crippen LogP contribution < -0.4 is 0 Å². The molecule has 0 fully saturated rings. The molecule has 0 aliphatic rings. The Balaban J connectivity index is 2.42. The molecule has 0 amide bonds. The molecule has 0 saturated carbocycles. The zero-order valence-corrected chi connectivity index (χ0v) is 11.4. The van der Waals surface area contributed by atoms with Gasteiger partial charge in [0.2, 0.25) is 5.78 Å². The van der Waals surface area contributed by atoms with Crippen molar-refractivity contribution in [3.05, 3.63) is 51.8 Å². The van der Waals surface area contributed by atoms with Crippen LogP contribution in [0.5, 0.6) is 0 Å². The van der Waals surface area contributed by atoms with E-state index in [2.05, 4.69) is 5.10 Å². The van der Waals surface area contributed by atoms with Gasteiger partial charge >= 0.3 is 0 Å². The van der Waals surface area contributed by atoms with Crippen molar-refractivity contribution in [3.63, 3.8) is 0 Å². The quantitative estimate of drug-likeness (QED) is 0.799. The number of carbonyl (C=O) groups is 1. The Hall–Kier alpha value is -1.32. The van der Waals surface area contributed by atoms with Gasteiger partial charge in [-0.3, -0.25) is 9.48 Å². The maximum atomic E-state index is 12.4. The summed E-state index contributed by atoms with van der Waals surface area (Å²) in [4.78, 5) is 12.4. The maximum absolute atomic E-state index is 12.4. The van der Waals surface area contributed by atoms with Gasteiger partial charge in [0, 0.05) is 18.3 Å². The van der Waals surface area contributed by atoms with Crippen molar-refractivity contribution >= 4 is 29.0 Å². The molecule has 1 aromatic carbocycles. The number of aromatic nitrogens is 2. The fourth-order valence-corrected chi connectivity index (χ4v) is 2.12. The van der Waals surface area contributed by atoms with E-state index in [4.69, 9.17) is 23.2 Å². The molecule has 0 N–H and O–H groups in total. The van der Waals surface area contributed by atoms with E-state index in [0.717, 1.165) is 6.42 Å². The standard InChI is InChI=1S/C13H12Cl2N2O/c1-2-8-17-11(6-7-16-17)13(18)9-4-3-5-10(14)12(9)15/h3-7H,2,8H2,1H3. The lowest BCUT2D eigenvalue weighted by atomic mass is 10.1. The van der Waals surface area contributed by atoms with Gasteiger partial charge in [-0.2, -0.15) is 5.10 Å². The fourth-order valence-electron chi connectivity index (χ4n) is 1.73. The summed E-state index contributed by atoms with van der Waals surface area (Å²) >= 11 is 12.0. The van der Waals surface area contributed by atoms with Gasteiger partial charge in [-0.25, -0.2) is 0 Å². The minimum atomic E-state index is -0.159. The molecule has 18 heavy (non-hydrogen) atoms. The molecule has 0 aliphatic heterocycles. The molecule has 0 aliphatic carbocycles. The monoisotopic (exact) mass is 282 g/mol. The highest BCUT2D eigenvalue weighted by Crippen LogP contribution is 2.27. The van der Waals surface area contributed by atoms with E-state index in [9.17, 15) is 4.79 Å². The molecule has 0 spiro atoms. The molecule has 1 aromatic heterocycles. The normalized spacial score (nSPS) is 10.6. The van der Waals surface area contributed by atoms with Gasteiger partial charge in [-0.05, 0) is 24.6 Å². The number of ketones is 1. The first kappa shape index (κ1) is 13.1. The van der Waals surface area contributed by atoms with Crippen molar-refractivity contribution in [2.75, 3.05) is 0 Å². The van der Waals surface area contributed by atoms with Crippen molar-refractivity contribution in [1.82, 2.24) is 9.78 Å². The van der Waals surface area contributed by atoms with Crippen LogP contribution in [0.2, 0.25) is 10.0 Å². The minimum Gasteiger partial charge on any atom is -0.287 e. The van der Waals surface area contributed by atoms with E-state index >= 15 is 0 Å². The predicted octanol–water partition coefficient (Wildman–Crippen LogP) is 3.83. The van der Waals surface area contributed by atoms with Crippen LogP contribution in [0, 0.1) is 0 Å². The third-order valence-corrected chi connectivity index (χ3v) is 3.40. The molecular weight excluding hydrogens is 271 g/mol. The number of rotatable bonds is 4. The summed E-state index contributed by atoms with van der Waals surface area (Å²) in [5, 5.41) is 4.79. The van der Waals surface area contributed by atoms with Crippen molar-refractivity contribution in [1.29, 1.82) is 0 Å². The van der Waals surface area contributed by atoms with Crippen LogP contribution in [0.3, 0.4) is 0 Å². The van der Waals surface area contributed by atoms with Crippen LogP contribution in [0.4, 0.5) is 0 Å². The lowest BCUT2D eigenvalue weighted by molar-refractivity contribution is 0.102. The van der Waals surface area contributed by atoms with Crippen LogP contribution in [0.1, 0.15) is 29.4 Å². The average Bonchev–Trinajstić information content (AvgIpc) is 2.80. The zero-order valence-electron chi connectivity index (χ0n) is 9.86. The molecule has 0 bridgehead atoms. The highest BCUT2D eigenvalue weighted by molar-refractivity contribution is 6.44. The molecule has 0 atom stereocenters.